The predicted octanol–water partition coefficient (Wildman–Crippen LogP) is 2.93. The molecule has 2 aromatic heterocycles. The summed E-state index contributed by atoms with van der Waals surface area (Å²) in [5, 5.41) is 9.49. The fourth-order valence-electron chi connectivity index (χ4n) is 2.87. The SMILES string of the molecule is CCOC(=O)[C@H]1CCCN(C(=O)CSc2nnc3c(Cl)cc(Cl)cn23)C1. The summed E-state index contributed by atoms with van der Waals surface area (Å²) in [6, 6.07) is 1.59. The molecular weight excluding hydrogens is 399 g/mol. The molecule has 0 unspecified atom stereocenters. The Morgan fingerprint density at radius 1 is 1.38 bits per heavy atom. The van der Waals surface area contributed by atoms with E-state index in [1.54, 1.807) is 28.5 Å². The van der Waals surface area contributed by atoms with E-state index in [0.29, 0.717) is 40.5 Å². The zero-order valence-corrected chi connectivity index (χ0v) is 16.5. The number of carbonyl (C=O) groups is 2. The standard InChI is InChI=1S/C16H18Cl2N4O3S/c1-2-25-15(24)10-4-3-5-21(7-10)13(23)9-26-16-20-19-14-12(18)6-11(17)8-22(14)16/h6,8,10H,2-5,7,9H2,1H3/t10-/m0/s1. The van der Waals surface area contributed by atoms with Crippen LogP contribution in [0.2, 0.25) is 10.0 Å². The highest BCUT2D eigenvalue weighted by atomic mass is 35.5. The number of hydrogen-bond donors (Lipinski definition) is 0. The van der Waals surface area contributed by atoms with Crippen LogP contribution >= 0.6 is 35.0 Å². The molecular formula is C16H18Cl2N4O3S. The molecule has 1 saturated heterocycles. The van der Waals surface area contributed by atoms with Crippen LogP contribution in [0.4, 0.5) is 0 Å². The first kappa shape index (κ1) is 19.3. The molecule has 7 nitrogen and oxygen atoms in total. The average molecular weight is 417 g/mol. The van der Waals surface area contributed by atoms with Crippen molar-refractivity contribution in [3.8, 4) is 0 Å². The monoisotopic (exact) mass is 416 g/mol. The molecule has 0 aliphatic carbocycles. The molecule has 1 amide bonds. The van der Waals surface area contributed by atoms with E-state index in [-0.39, 0.29) is 23.5 Å². The van der Waals surface area contributed by atoms with Crippen LogP contribution in [-0.4, -0.2) is 56.8 Å². The number of carbonyl (C=O) groups excluding carboxylic acids is 2. The van der Waals surface area contributed by atoms with Gasteiger partial charge in [0, 0.05) is 19.3 Å². The van der Waals surface area contributed by atoms with Crippen molar-refractivity contribution in [3.63, 3.8) is 0 Å². The van der Waals surface area contributed by atoms with Crippen molar-refractivity contribution in [2.75, 3.05) is 25.4 Å². The van der Waals surface area contributed by atoms with E-state index in [0.717, 1.165) is 12.8 Å². The van der Waals surface area contributed by atoms with Crippen LogP contribution in [0.1, 0.15) is 19.8 Å². The molecule has 0 spiro atoms. The van der Waals surface area contributed by atoms with E-state index in [1.165, 1.54) is 11.8 Å². The van der Waals surface area contributed by atoms with Crippen LogP contribution in [-0.2, 0) is 14.3 Å². The Hall–Kier alpha value is -1.51. The minimum Gasteiger partial charge on any atom is -0.466 e. The first-order valence-electron chi connectivity index (χ1n) is 8.26. The van der Waals surface area contributed by atoms with Crippen LogP contribution in [0, 0.1) is 5.92 Å². The molecule has 0 saturated carbocycles. The van der Waals surface area contributed by atoms with Crippen molar-refractivity contribution >= 4 is 52.5 Å². The molecule has 1 atom stereocenters. The lowest BCUT2D eigenvalue weighted by Gasteiger charge is -2.31. The fraction of sp³-hybridized carbons (Fsp3) is 0.500. The highest BCUT2D eigenvalue weighted by Crippen LogP contribution is 2.26. The number of esters is 1. The lowest BCUT2D eigenvalue weighted by molar-refractivity contribution is -0.151. The molecule has 3 heterocycles. The largest absolute Gasteiger partial charge is 0.466 e. The smallest absolute Gasteiger partial charge is 0.310 e. The highest BCUT2D eigenvalue weighted by Gasteiger charge is 2.29. The summed E-state index contributed by atoms with van der Waals surface area (Å²) in [4.78, 5) is 26.2. The van der Waals surface area contributed by atoms with Gasteiger partial charge >= 0.3 is 5.97 Å². The molecule has 10 heteroatoms. The molecule has 0 N–H and O–H groups in total. The first-order chi connectivity index (χ1) is 12.5. The third-order valence-electron chi connectivity index (χ3n) is 4.11. The van der Waals surface area contributed by atoms with E-state index in [2.05, 4.69) is 10.2 Å². The summed E-state index contributed by atoms with van der Waals surface area (Å²) in [6.45, 7) is 3.18. The van der Waals surface area contributed by atoms with Crippen LogP contribution in [0.15, 0.2) is 17.4 Å². The topological polar surface area (TPSA) is 76.8 Å². The van der Waals surface area contributed by atoms with Gasteiger partial charge in [-0.1, -0.05) is 35.0 Å². The van der Waals surface area contributed by atoms with Gasteiger partial charge in [0.25, 0.3) is 0 Å². The molecule has 1 aliphatic rings. The van der Waals surface area contributed by atoms with Crippen molar-refractivity contribution < 1.29 is 14.3 Å². The van der Waals surface area contributed by atoms with Crippen molar-refractivity contribution in [2.24, 2.45) is 5.92 Å². The van der Waals surface area contributed by atoms with E-state index in [4.69, 9.17) is 27.9 Å². The number of amides is 1. The maximum atomic E-state index is 12.5. The number of fused-ring (bicyclic) bond motifs is 1. The normalized spacial score (nSPS) is 17.5. The number of hydrogen-bond acceptors (Lipinski definition) is 6. The van der Waals surface area contributed by atoms with Crippen LogP contribution in [0.3, 0.4) is 0 Å². The Balaban J connectivity index is 1.63. The second-order valence-corrected chi connectivity index (χ2v) is 7.69. The Bertz CT molecular complexity index is 829. The number of piperidine rings is 1. The second kappa shape index (κ2) is 8.45. The molecule has 26 heavy (non-hydrogen) atoms. The number of pyridine rings is 1. The lowest BCUT2D eigenvalue weighted by atomic mass is 9.98. The van der Waals surface area contributed by atoms with E-state index in [1.807, 2.05) is 0 Å². The molecule has 1 fully saturated rings. The summed E-state index contributed by atoms with van der Waals surface area (Å²) in [7, 11) is 0. The lowest BCUT2D eigenvalue weighted by Crippen LogP contribution is -2.43. The van der Waals surface area contributed by atoms with Gasteiger partial charge in [-0.05, 0) is 25.8 Å². The van der Waals surface area contributed by atoms with Gasteiger partial charge in [0.2, 0.25) is 5.91 Å². The number of nitrogens with zero attached hydrogens (tertiary/aromatic N) is 4. The summed E-state index contributed by atoms with van der Waals surface area (Å²) >= 11 is 13.4. The Labute approximate surface area is 165 Å². The number of halogens is 2. The number of aromatic nitrogens is 3. The first-order valence-corrected chi connectivity index (χ1v) is 10.0. The van der Waals surface area contributed by atoms with Crippen molar-refractivity contribution in [1.29, 1.82) is 0 Å². The molecule has 140 valence electrons. The quantitative estimate of drug-likeness (QED) is 0.550. The minimum atomic E-state index is -0.246. The Kier molecular flexibility index (Phi) is 6.26. The van der Waals surface area contributed by atoms with Crippen molar-refractivity contribution in [1.82, 2.24) is 19.5 Å². The van der Waals surface area contributed by atoms with Gasteiger partial charge in [-0.2, -0.15) is 0 Å². The third kappa shape index (κ3) is 4.24. The summed E-state index contributed by atoms with van der Waals surface area (Å²) < 4.78 is 6.74. The summed E-state index contributed by atoms with van der Waals surface area (Å²) in [5.41, 5.74) is 0.492. The summed E-state index contributed by atoms with van der Waals surface area (Å²) in [5.74, 6) is -0.330. The van der Waals surface area contributed by atoms with E-state index >= 15 is 0 Å². The summed E-state index contributed by atoms with van der Waals surface area (Å²) in [6.07, 6.45) is 3.20. The Morgan fingerprint density at radius 2 is 2.19 bits per heavy atom. The van der Waals surface area contributed by atoms with Gasteiger partial charge in [-0.15, -0.1) is 10.2 Å². The van der Waals surface area contributed by atoms with E-state index < -0.39 is 0 Å². The zero-order chi connectivity index (χ0) is 18.7. The van der Waals surface area contributed by atoms with Gasteiger partial charge < -0.3 is 9.64 Å². The van der Waals surface area contributed by atoms with Crippen LogP contribution < -0.4 is 0 Å². The van der Waals surface area contributed by atoms with Gasteiger partial charge in [-0.3, -0.25) is 14.0 Å². The van der Waals surface area contributed by atoms with Gasteiger partial charge in [0.15, 0.2) is 10.8 Å². The van der Waals surface area contributed by atoms with Crippen molar-refractivity contribution in [3.05, 3.63) is 22.3 Å². The van der Waals surface area contributed by atoms with Gasteiger partial charge in [0.05, 0.1) is 28.3 Å². The number of thioether (sulfide) groups is 1. The average Bonchev–Trinajstić information content (AvgIpc) is 3.03. The number of ether oxygens (including phenoxy) is 1. The number of likely N-dealkylation sites (tertiary alicyclic amines) is 1. The van der Waals surface area contributed by atoms with E-state index in [9.17, 15) is 9.59 Å². The van der Waals surface area contributed by atoms with Crippen molar-refractivity contribution in [2.45, 2.75) is 24.9 Å². The minimum absolute atomic E-state index is 0.0473. The molecule has 0 bridgehead atoms. The highest BCUT2D eigenvalue weighted by molar-refractivity contribution is 7.99. The molecule has 3 rings (SSSR count). The van der Waals surface area contributed by atoms with Crippen LogP contribution in [0.5, 0.6) is 0 Å². The second-order valence-electron chi connectivity index (χ2n) is 5.90. The fourth-order valence-corrected chi connectivity index (χ4v) is 4.20. The third-order valence-corrected chi connectivity index (χ3v) is 5.53. The number of rotatable bonds is 5. The maximum Gasteiger partial charge on any atom is 0.310 e. The zero-order valence-electron chi connectivity index (χ0n) is 14.2. The Morgan fingerprint density at radius 3 is 2.96 bits per heavy atom. The van der Waals surface area contributed by atoms with Gasteiger partial charge in [-0.25, -0.2) is 0 Å². The molecule has 0 radical (unpaired) electrons. The van der Waals surface area contributed by atoms with Gasteiger partial charge in [0.1, 0.15) is 0 Å². The van der Waals surface area contributed by atoms with Crippen LogP contribution in [0.25, 0.3) is 5.65 Å². The molecule has 2 aromatic rings. The molecule has 0 aromatic carbocycles. The molecule has 1 aliphatic heterocycles. The maximum absolute atomic E-state index is 12.5. The predicted molar refractivity (Wildman–Crippen MR) is 99.7 cm³/mol.